The number of hydrogen-bond acceptors (Lipinski definition) is 6. The Bertz CT molecular complexity index is 754. The van der Waals surface area contributed by atoms with Gasteiger partial charge < -0.3 is 18.8 Å². The fourth-order valence-electron chi connectivity index (χ4n) is 2.28. The molecule has 0 fully saturated rings. The molecule has 0 aliphatic carbocycles. The van der Waals surface area contributed by atoms with E-state index in [0.29, 0.717) is 24.6 Å². The van der Waals surface area contributed by atoms with Crippen molar-refractivity contribution in [3.05, 3.63) is 51.8 Å². The van der Waals surface area contributed by atoms with E-state index in [1.54, 1.807) is 6.07 Å². The van der Waals surface area contributed by atoms with E-state index >= 15 is 0 Å². The Morgan fingerprint density at radius 1 is 1.26 bits per heavy atom. The summed E-state index contributed by atoms with van der Waals surface area (Å²) in [6, 6.07) is 7.91. The highest BCUT2D eigenvalue weighted by molar-refractivity contribution is 5.91. The molecule has 0 radical (unpaired) electrons. The van der Waals surface area contributed by atoms with Crippen LogP contribution in [0.2, 0.25) is 0 Å². The van der Waals surface area contributed by atoms with Crippen molar-refractivity contribution >= 4 is 11.8 Å². The van der Waals surface area contributed by atoms with Crippen LogP contribution in [0.4, 0.5) is 5.88 Å². The van der Waals surface area contributed by atoms with Gasteiger partial charge in [0.25, 0.3) is 5.91 Å². The summed E-state index contributed by atoms with van der Waals surface area (Å²) in [5.41, 5.74) is 0.866. The lowest BCUT2D eigenvalue weighted by molar-refractivity contribution is -0.402. The van der Waals surface area contributed by atoms with Crippen LogP contribution in [0.25, 0.3) is 0 Å². The van der Waals surface area contributed by atoms with Crippen molar-refractivity contribution in [2.75, 3.05) is 13.3 Å². The van der Waals surface area contributed by atoms with Gasteiger partial charge in [-0.1, -0.05) is 6.07 Å². The molecule has 1 aliphatic heterocycles. The smallest absolute Gasteiger partial charge is 0.433 e. The van der Waals surface area contributed by atoms with Crippen molar-refractivity contribution in [3.63, 3.8) is 0 Å². The number of nitro groups is 1. The van der Waals surface area contributed by atoms with Gasteiger partial charge >= 0.3 is 5.88 Å². The second-order valence-corrected chi connectivity index (χ2v) is 4.90. The largest absolute Gasteiger partial charge is 0.454 e. The van der Waals surface area contributed by atoms with Crippen molar-refractivity contribution < 1.29 is 23.6 Å². The number of furan rings is 1. The summed E-state index contributed by atoms with van der Waals surface area (Å²) < 4.78 is 15.5. The van der Waals surface area contributed by atoms with Gasteiger partial charge in [-0.3, -0.25) is 14.9 Å². The maximum Gasteiger partial charge on any atom is 0.433 e. The predicted octanol–water partition coefficient (Wildman–Crippen LogP) is 2.58. The average molecular weight is 318 g/mol. The zero-order valence-electron chi connectivity index (χ0n) is 12.4. The standard InChI is InChI=1S/C15H14N2O6/c1-2-16(15(18)12-5-6-14(23-12)17(19)20)8-10-3-4-11-13(7-10)22-9-21-11/h3-7H,2,8-9H2,1H3. The number of hydrogen-bond donors (Lipinski definition) is 0. The van der Waals surface area contributed by atoms with Gasteiger partial charge in [-0.2, -0.15) is 0 Å². The summed E-state index contributed by atoms with van der Waals surface area (Å²) >= 11 is 0. The van der Waals surface area contributed by atoms with Gasteiger partial charge in [0.2, 0.25) is 6.79 Å². The Morgan fingerprint density at radius 2 is 2.04 bits per heavy atom. The van der Waals surface area contributed by atoms with Gasteiger partial charge in [0.15, 0.2) is 17.3 Å². The maximum atomic E-state index is 12.4. The lowest BCUT2D eigenvalue weighted by Gasteiger charge is -2.19. The molecule has 0 saturated carbocycles. The van der Waals surface area contributed by atoms with Crippen molar-refractivity contribution in [1.82, 2.24) is 4.90 Å². The number of rotatable bonds is 5. The normalized spacial score (nSPS) is 12.2. The Kier molecular flexibility index (Phi) is 3.88. The van der Waals surface area contributed by atoms with Crippen LogP contribution in [0.15, 0.2) is 34.7 Å². The third kappa shape index (κ3) is 2.96. The molecule has 8 nitrogen and oxygen atoms in total. The van der Waals surface area contributed by atoms with Crippen LogP contribution in [0.5, 0.6) is 11.5 Å². The van der Waals surface area contributed by atoms with Crippen molar-refractivity contribution in [3.8, 4) is 11.5 Å². The summed E-state index contributed by atoms with van der Waals surface area (Å²) in [5.74, 6) is 0.398. The van der Waals surface area contributed by atoms with Gasteiger partial charge in [0.1, 0.15) is 4.92 Å². The molecule has 0 spiro atoms. The van der Waals surface area contributed by atoms with E-state index in [-0.39, 0.29) is 12.6 Å². The van der Waals surface area contributed by atoms with Gasteiger partial charge in [-0.15, -0.1) is 0 Å². The number of carbonyl (C=O) groups is 1. The molecule has 0 bridgehead atoms. The van der Waals surface area contributed by atoms with Crippen molar-refractivity contribution in [1.29, 1.82) is 0 Å². The maximum absolute atomic E-state index is 12.4. The van der Waals surface area contributed by atoms with Gasteiger partial charge in [-0.05, 0) is 30.7 Å². The molecule has 1 amide bonds. The molecule has 0 saturated heterocycles. The van der Waals surface area contributed by atoms with Gasteiger partial charge in [0, 0.05) is 13.1 Å². The molecule has 2 heterocycles. The summed E-state index contributed by atoms with van der Waals surface area (Å²) in [6.45, 7) is 2.77. The first-order valence-corrected chi connectivity index (χ1v) is 7.00. The number of nitrogens with zero attached hydrogens (tertiary/aromatic N) is 2. The van der Waals surface area contributed by atoms with E-state index in [1.165, 1.54) is 17.0 Å². The highest BCUT2D eigenvalue weighted by Gasteiger charge is 2.22. The Hall–Kier alpha value is -3.03. The van der Waals surface area contributed by atoms with Crippen molar-refractivity contribution in [2.45, 2.75) is 13.5 Å². The second-order valence-electron chi connectivity index (χ2n) is 4.90. The minimum Gasteiger partial charge on any atom is -0.454 e. The molecular formula is C15H14N2O6. The van der Waals surface area contributed by atoms with Crippen LogP contribution in [0.3, 0.4) is 0 Å². The molecule has 0 atom stereocenters. The van der Waals surface area contributed by atoms with Gasteiger partial charge in [-0.25, -0.2) is 0 Å². The van der Waals surface area contributed by atoms with E-state index in [4.69, 9.17) is 13.9 Å². The fourth-order valence-corrected chi connectivity index (χ4v) is 2.28. The molecule has 1 aromatic carbocycles. The number of carbonyl (C=O) groups excluding carboxylic acids is 1. The number of ether oxygens (including phenoxy) is 2. The van der Waals surface area contributed by atoms with E-state index in [1.807, 2.05) is 19.1 Å². The SMILES string of the molecule is CCN(Cc1ccc2c(c1)OCO2)C(=O)c1ccc([N+](=O)[O-])o1. The first-order chi connectivity index (χ1) is 11.1. The predicted molar refractivity (Wildman–Crippen MR) is 78.3 cm³/mol. The zero-order chi connectivity index (χ0) is 16.4. The lowest BCUT2D eigenvalue weighted by Crippen LogP contribution is -2.30. The first kappa shape index (κ1) is 14.9. The highest BCUT2D eigenvalue weighted by Crippen LogP contribution is 2.33. The Balaban J connectivity index is 1.76. The molecular weight excluding hydrogens is 304 g/mol. The van der Waals surface area contributed by atoms with Crippen LogP contribution in [0.1, 0.15) is 23.0 Å². The quantitative estimate of drug-likeness (QED) is 0.621. The second kappa shape index (κ2) is 5.99. The topological polar surface area (TPSA) is 95.0 Å². The van der Waals surface area contributed by atoms with Crippen molar-refractivity contribution in [2.24, 2.45) is 0 Å². The number of fused-ring (bicyclic) bond motifs is 1. The van der Waals surface area contributed by atoms with Crippen LogP contribution >= 0.6 is 0 Å². The molecule has 8 heteroatoms. The minimum absolute atomic E-state index is 0.0562. The van der Waals surface area contributed by atoms with Crippen LogP contribution < -0.4 is 9.47 Å². The van der Waals surface area contributed by atoms with E-state index in [0.717, 1.165) is 5.56 Å². The highest BCUT2D eigenvalue weighted by atomic mass is 16.7. The molecule has 0 N–H and O–H groups in total. The molecule has 0 unspecified atom stereocenters. The summed E-state index contributed by atoms with van der Waals surface area (Å²) in [4.78, 5) is 23.9. The van der Waals surface area contributed by atoms with Crippen LogP contribution in [0, 0.1) is 10.1 Å². The minimum atomic E-state index is -0.676. The molecule has 1 aromatic heterocycles. The number of amides is 1. The fraction of sp³-hybridized carbons (Fsp3) is 0.267. The summed E-state index contributed by atoms with van der Waals surface area (Å²) in [6.07, 6.45) is 0. The first-order valence-electron chi connectivity index (χ1n) is 7.00. The molecule has 3 rings (SSSR count). The molecule has 1 aliphatic rings. The summed E-state index contributed by atoms with van der Waals surface area (Å²) in [5, 5.41) is 10.6. The third-order valence-electron chi connectivity index (χ3n) is 3.46. The van der Waals surface area contributed by atoms with E-state index < -0.39 is 16.7 Å². The summed E-state index contributed by atoms with van der Waals surface area (Å²) in [7, 11) is 0. The average Bonchev–Trinajstić information content (AvgIpc) is 3.20. The van der Waals surface area contributed by atoms with Crippen LogP contribution in [-0.2, 0) is 6.54 Å². The molecule has 120 valence electrons. The Labute approximate surface area is 131 Å². The van der Waals surface area contributed by atoms with E-state index in [2.05, 4.69) is 0 Å². The van der Waals surface area contributed by atoms with Crippen LogP contribution in [-0.4, -0.2) is 29.1 Å². The monoisotopic (exact) mass is 318 g/mol. The van der Waals surface area contributed by atoms with Gasteiger partial charge in [0.05, 0.1) is 6.07 Å². The molecule has 23 heavy (non-hydrogen) atoms. The zero-order valence-corrected chi connectivity index (χ0v) is 12.4. The Morgan fingerprint density at radius 3 is 2.74 bits per heavy atom. The lowest BCUT2D eigenvalue weighted by atomic mass is 10.2. The third-order valence-corrected chi connectivity index (χ3v) is 3.46. The molecule has 2 aromatic rings. The van der Waals surface area contributed by atoms with E-state index in [9.17, 15) is 14.9 Å². The number of benzene rings is 1.